The maximum Gasteiger partial charge on any atom is 0.339 e. The Morgan fingerprint density at radius 2 is 2.18 bits per heavy atom. The molecule has 22 heavy (non-hydrogen) atoms. The minimum Gasteiger partial charge on any atom is -0.453 e. The van der Waals surface area contributed by atoms with Crippen LogP contribution < -0.4 is 0 Å². The highest BCUT2D eigenvalue weighted by molar-refractivity contribution is 5.93. The maximum absolute atomic E-state index is 12.4. The first-order chi connectivity index (χ1) is 10.7. The Morgan fingerprint density at radius 1 is 1.36 bits per heavy atom. The van der Waals surface area contributed by atoms with Crippen molar-refractivity contribution >= 4 is 5.97 Å². The number of imidazole rings is 1. The molecule has 4 heteroatoms. The van der Waals surface area contributed by atoms with E-state index in [2.05, 4.69) is 22.5 Å². The number of fused-ring (bicyclic) bond motifs is 1. The molecule has 1 aliphatic carbocycles. The van der Waals surface area contributed by atoms with Crippen LogP contribution in [0.3, 0.4) is 0 Å². The van der Waals surface area contributed by atoms with Gasteiger partial charge in [-0.3, -0.25) is 0 Å². The van der Waals surface area contributed by atoms with E-state index in [9.17, 15) is 4.79 Å². The van der Waals surface area contributed by atoms with Crippen LogP contribution >= 0.6 is 0 Å². The van der Waals surface area contributed by atoms with E-state index in [1.165, 1.54) is 5.69 Å². The summed E-state index contributed by atoms with van der Waals surface area (Å²) in [5.74, 6) is -0.177. The van der Waals surface area contributed by atoms with Gasteiger partial charge in [0.25, 0.3) is 0 Å². The van der Waals surface area contributed by atoms with Gasteiger partial charge in [-0.25, -0.2) is 9.78 Å². The lowest BCUT2D eigenvalue weighted by Crippen LogP contribution is -2.53. The molecule has 1 atom stereocenters. The summed E-state index contributed by atoms with van der Waals surface area (Å²) in [6.07, 6.45) is 8.88. The molecule has 0 bridgehead atoms. The number of hydrogen-bond donors (Lipinski definition) is 0. The summed E-state index contributed by atoms with van der Waals surface area (Å²) in [6.45, 7) is 2.17. The van der Waals surface area contributed by atoms with Gasteiger partial charge in [-0.05, 0) is 37.3 Å². The summed E-state index contributed by atoms with van der Waals surface area (Å²) >= 11 is 0. The first-order valence-electron chi connectivity index (χ1n) is 8.08. The molecule has 1 saturated carbocycles. The van der Waals surface area contributed by atoms with Crippen molar-refractivity contribution in [3.8, 4) is 0 Å². The molecule has 2 aromatic rings. The van der Waals surface area contributed by atoms with Crippen LogP contribution in [-0.4, -0.2) is 21.1 Å². The summed E-state index contributed by atoms with van der Waals surface area (Å²) in [6, 6.07) is 7.89. The Balaban J connectivity index is 1.89. The van der Waals surface area contributed by atoms with Gasteiger partial charge in [-0.15, -0.1) is 0 Å². The molecule has 1 spiro atoms. The van der Waals surface area contributed by atoms with Gasteiger partial charge >= 0.3 is 5.97 Å². The van der Waals surface area contributed by atoms with E-state index >= 15 is 0 Å². The third-order valence-corrected chi connectivity index (χ3v) is 5.00. The van der Waals surface area contributed by atoms with Crippen LogP contribution in [0.4, 0.5) is 0 Å². The van der Waals surface area contributed by atoms with Crippen LogP contribution in [0.25, 0.3) is 0 Å². The molecule has 2 aliphatic rings. The molecular formula is C18H20N2O2. The number of carbonyl (C=O) groups is 1. The number of rotatable bonds is 3. The van der Waals surface area contributed by atoms with Crippen LogP contribution in [0.15, 0.2) is 36.8 Å². The monoisotopic (exact) mass is 296 g/mol. The highest BCUT2D eigenvalue weighted by Gasteiger charge is 2.53. The van der Waals surface area contributed by atoms with E-state index in [4.69, 9.17) is 4.74 Å². The molecule has 114 valence electrons. The number of ether oxygens (including phenoxy) is 1. The molecule has 2 heterocycles. The van der Waals surface area contributed by atoms with Gasteiger partial charge in [-0.1, -0.05) is 31.5 Å². The minimum atomic E-state index is -0.380. The van der Waals surface area contributed by atoms with E-state index in [1.54, 1.807) is 0 Å². The lowest BCUT2D eigenvalue weighted by atomic mass is 9.69. The molecule has 1 aromatic heterocycles. The average Bonchev–Trinajstić information content (AvgIpc) is 2.94. The number of carbonyl (C=O) groups excluding carboxylic acids is 1. The van der Waals surface area contributed by atoms with Crippen LogP contribution in [0.1, 0.15) is 60.3 Å². The summed E-state index contributed by atoms with van der Waals surface area (Å²) in [7, 11) is 0. The van der Waals surface area contributed by atoms with E-state index in [1.807, 2.05) is 30.7 Å². The van der Waals surface area contributed by atoms with Crippen molar-refractivity contribution in [3.63, 3.8) is 0 Å². The van der Waals surface area contributed by atoms with Gasteiger partial charge in [-0.2, -0.15) is 0 Å². The van der Waals surface area contributed by atoms with Gasteiger partial charge in [0.1, 0.15) is 11.6 Å². The molecular weight excluding hydrogens is 276 g/mol. The Labute approximate surface area is 130 Å². The maximum atomic E-state index is 12.4. The molecule has 1 aromatic carbocycles. The molecule has 0 saturated heterocycles. The quantitative estimate of drug-likeness (QED) is 0.814. The lowest BCUT2D eigenvalue weighted by Gasteiger charge is -2.50. The molecule has 0 amide bonds. The second-order valence-corrected chi connectivity index (χ2v) is 6.34. The largest absolute Gasteiger partial charge is 0.453 e. The number of benzene rings is 1. The Kier molecular flexibility index (Phi) is 3.06. The predicted molar refractivity (Wildman–Crippen MR) is 82.8 cm³/mol. The van der Waals surface area contributed by atoms with Crippen molar-refractivity contribution in [3.05, 3.63) is 53.6 Å². The zero-order valence-corrected chi connectivity index (χ0v) is 12.8. The first kappa shape index (κ1) is 13.6. The zero-order valence-electron chi connectivity index (χ0n) is 12.8. The Bertz CT molecular complexity index is 715. The third kappa shape index (κ3) is 1.83. The Morgan fingerprint density at radius 3 is 2.91 bits per heavy atom. The predicted octanol–water partition coefficient (Wildman–Crippen LogP) is 3.52. The normalized spacial score (nSPS) is 22.0. The van der Waals surface area contributed by atoms with Gasteiger partial charge < -0.3 is 9.30 Å². The van der Waals surface area contributed by atoms with Crippen molar-refractivity contribution in [2.75, 3.05) is 0 Å². The summed E-state index contributed by atoms with van der Waals surface area (Å²) in [5, 5.41) is 0. The number of aryl methyl sites for hydroxylation is 1. The van der Waals surface area contributed by atoms with Gasteiger partial charge in [0, 0.05) is 11.9 Å². The SMILES string of the molecule is CCCc1cncn1C1c2ccccc2C(=O)OC12CCC2. The number of hydrogen-bond acceptors (Lipinski definition) is 3. The second-order valence-electron chi connectivity index (χ2n) is 6.34. The van der Waals surface area contributed by atoms with Crippen LogP contribution in [-0.2, 0) is 11.2 Å². The molecule has 4 nitrogen and oxygen atoms in total. The van der Waals surface area contributed by atoms with Crippen LogP contribution in [0, 0.1) is 0 Å². The lowest BCUT2D eigenvalue weighted by molar-refractivity contribution is -0.0927. The number of nitrogens with zero attached hydrogens (tertiary/aromatic N) is 2. The zero-order chi connectivity index (χ0) is 15.2. The minimum absolute atomic E-state index is 0.0548. The molecule has 1 aliphatic heterocycles. The molecule has 4 rings (SSSR count). The molecule has 1 fully saturated rings. The fraction of sp³-hybridized carbons (Fsp3) is 0.444. The first-order valence-corrected chi connectivity index (χ1v) is 8.08. The highest BCUT2D eigenvalue weighted by atomic mass is 16.6. The summed E-state index contributed by atoms with van der Waals surface area (Å²) in [4.78, 5) is 16.7. The van der Waals surface area contributed by atoms with Crippen LogP contribution in [0.5, 0.6) is 0 Å². The number of esters is 1. The fourth-order valence-electron chi connectivity index (χ4n) is 3.82. The molecule has 0 N–H and O–H groups in total. The third-order valence-electron chi connectivity index (χ3n) is 5.00. The second kappa shape index (κ2) is 4.97. The van der Waals surface area contributed by atoms with Crippen molar-refractivity contribution in [1.82, 2.24) is 9.55 Å². The van der Waals surface area contributed by atoms with Crippen molar-refractivity contribution in [1.29, 1.82) is 0 Å². The summed E-state index contributed by atoms with van der Waals surface area (Å²) in [5.41, 5.74) is 2.61. The standard InChI is InChI=1S/C18H20N2O2/c1-2-6-13-11-19-12-20(13)16-14-7-3-4-8-15(14)17(21)22-18(16)9-5-10-18/h3-4,7-8,11-12,16H,2,5-6,9-10H2,1H3. The van der Waals surface area contributed by atoms with Gasteiger partial charge in [0.15, 0.2) is 0 Å². The van der Waals surface area contributed by atoms with E-state index in [-0.39, 0.29) is 17.6 Å². The Hall–Kier alpha value is -2.10. The van der Waals surface area contributed by atoms with Crippen LogP contribution in [0.2, 0.25) is 0 Å². The average molecular weight is 296 g/mol. The smallest absolute Gasteiger partial charge is 0.339 e. The van der Waals surface area contributed by atoms with Gasteiger partial charge in [0.05, 0.1) is 11.9 Å². The fourth-order valence-corrected chi connectivity index (χ4v) is 3.82. The molecule has 1 unspecified atom stereocenters. The van der Waals surface area contributed by atoms with E-state index in [0.29, 0.717) is 5.56 Å². The van der Waals surface area contributed by atoms with Crippen molar-refractivity contribution in [2.45, 2.75) is 50.7 Å². The number of aromatic nitrogens is 2. The van der Waals surface area contributed by atoms with E-state index < -0.39 is 0 Å². The topological polar surface area (TPSA) is 44.1 Å². The molecule has 0 radical (unpaired) electrons. The summed E-state index contributed by atoms with van der Waals surface area (Å²) < 4.78 is 8.15. The highest BCUT2D eigenvalue weighted by Crippen LogP contribution is 2.51. The van der Waals surface area contributed by atoms with Crippen molar-refractivity contribution in [2.24, 2.45) is 0 Å². The van der Waals surface area contributed by atoms with Gasteiger partial charge in [0.2, 0.25) is 0 Å². The van der Waals surface area contributed by atoms with Crippen molar-refractivity contribution < 1.29 is 9.53 Å². The van der Waals surface area contributed by atoms with E-state index in [0.717, 1.165) is 37.7 Å².